The molecule has 0 saturated heterocycles. The van der Waals surface area contributed by atoms with Gasteiger partial charge in [-0.3, -0.25) is 0 Å². The Bertz CT molecular complexity index is 1040. The second kappa shape index (κ2) is 12.6. The Hall–Kier alpha value is -3.40. The summed E-state index contributed by atoms with van der Waals surface area (Å²) >= 11 is 0. The minimum atomic E-state index is -0.199. The summed E-state index contributed by atoms with van der Waals surface area (Å²) in [6, 6.07) is 7.71. The fraction of sp³-hybridized carbons (Fsp3) is 0.310. The Morgan fingerprint density at radius 2 is 1.18 bits per heavy atom. The number of allylic oxidation sites excluding steroid dienone is 6. The summed E-state index contributed by atoms with van der Waals surface area (Å²) < 4.78 is 0. The number of hydrogen-bond acceptors (Lipinski definition) is 4. The third kappa shape index (κ3) is 8.93. The summed E-state index contributed by atoms with van der Waals surface area (Å²) in [5, 5.41) is 39.8. The molecule has 2 aromatic rings. The zero-order valence-electron chi connectivity index (χ0n) is 20.1. The molecule has 0 radical (unpaired) electrons. The van der Waals surface area contributed by atoms with Crippen LogP contribution in [0.25, 0.3) is 12.2 Å². The molecule has 0 aliphatic carbocycles. The van der Waals surface area contributed by atoms with E-state index in [0.29, 0.717) is 23.1 Å². The van der Waals surface area contributed by atoms with Crippen molar-refractivity contribution in [3.63, 3.8) is 0 Å². The highest BCUT2D eigenvalue weighted by Gasteiger charge is 2.08. The molecule has 2 aromatic carbocycles. The van der Waals surface area contributed by atoms with Crippen LogP contribution in [0.2, 0.25) is 0 Å². The van der Waals surface area contributed by atoms with E-state index >= 15 is 0 Å². The first kappa shape index (κ1) is 25.9. The summed E-state index contributed by atoms with van der Waals surface area (Å²) in [4.78, 5) is 0. The van der Waals surface area contributed by atoms with Gasteiger partial charge in [-0.2, -0.15) is 0 Å². The van der Waals surface area contributed by atoms with Crippen molar-refractivity contribution in [2.45, 2.75) is 59.8 Å². The molecule has 4 heteroatoms. The molecule has 4 N–H and O–H groups in total. The fourth-order valence-corrected chi connectivity index (χ4v) is 3.42. The average Bonchev–Trinajstić information content (AvgIpc) is 2.73. The number of phenolic OH excluding ortho intramolecular Hbond substituents is 4. The van der Waals surface area contributed by atoms with Crippen LogP contribution < -0.4 is 0 Å². The zero-order chi connectivity index (χ0) is 24.4. The van der Waals surface area contributed by atoms with E-state index in [-0.39, 0.29) is 23.0 Å². The van der Waals surface area contributed by atoms with Crippen molar-refractivity contribution < 1.29 is 20.4 Å². The predicted octanol–water partition coefficient (Wildman–Crippen LogP) is 7.64. The number of phenols is 4. The van der Waals surface area contributed by atoms with E-state index in [0.717, 1.165) is 25.7 Å². The molecular formula is C29H36O4. The lowest BCUT2D eigenvalue weighted by Gasteiger charge is -2.08. The molecule has 0 amide bonds. The highest BCUT2D eigenvalue weighted by molar-refractivity contribution is 5.72. The van der Waals surface area contributed by atoms with Gasteiger partial charge in [-0.1, -0.05) is 53.2 Å². The van der Waals surface area contributed by atoms with Gasteiger partial charge in [-0.15, -0.1) is 0 Å². The van der Waals surface area contributed by atoms with E-state index in [1.165, 1.54) is 28.9 Å². The summed E-state index contributed by atoms with van der Waals surface area (Å²) in [5.41, 5.74) is 5.81. The van der Waals surface area contributed by atoms with Gasteiger partial charge in [0.1, 0.15) is 11.5 Å². The molecule has 176 valence electrons. The van der Waals surface area contributed by atoms with Gasteiger partial charge in [-0.05, 0) is 95.2 Å². The Labute approximate surface area is 197 Å². The van der Waals surface area contributed by atoms with Gasteiger partial charge < -0.3 is 20.4 Å². The van der Waals surface area contributed by atoms with Crippen LogP contribution in [0.1, 0.15) is 70.1 Å². The van der Waals surface area contributed by atoms with Gasteiger partial charge in [0, 0.05) is 5.56 Å². The first-order chi connectivity index (χ1) is 15.7. The lowest BCUT2D eigenvalue weighted by atomic mass is 10.0. The van der Waals surface area contributed by atoms with E-state index in [1.54, 1.807) is 30.4 Å². The predicted molar refractivity (Wildman–Crippen MR) is 138 cm³/mol. The zero-order valence-corrected chi connectivity index (χ0v) is 20.1. The minimum absolute atomic E-state index is 0.0438. The molecule has 0 bridgehead atoms. The van der Waals surface area contributed by atoms with E-state index in [9.17, 15) is 20.4 Å². The van der Waals surface area contributed by atoms with Crippen molar-refractivity contribution in [3.05, 3.63) is 82.0 Å². The molecule has 4 nitrogen and oxygen atoms in total. The van der Waals surface area contributed by atoms with Crippen LogP contribution in [0.3, 0.4) is 0 Å². The summed E-state index contributed by atoms with van der Waals surface area (Å²) in [6.07, 6.45) is 14.6. The van der Waals surface area contributed by atoms with Crippen molar-refractivity contribution in [3.8, 4) is 23.0 Å². The lowest BCUT2D eigenvalue weighted by molar-refractivity contribution is 0.403. The molecule has 0 aliphatic rings. The van der Waals surface area contributed by atoms with Gasteiger partial charge in [0.2, 0.25) is 0 Å². The largest absolute Gasteiger partial charge is 0.507 e. The Balaban J connectivity index is 1.96. The number of aromatic hydroxyl groups is 4. The first-order valence-corrected chi connectivity index (χ1v) is 11.3. The topological polar surface area (TPSA) is 80.9 Å². The van der Waals surface area contributed by atoms with Crippen LogP contribution in [-0.4, -0.2) is 20.4 Å². The van der Waals surface area contributed by atoms with Gasteiger partial charge >= 0.3 is 0 Å². The maximum atomic E-state index is 10.4. The quantitative estimate of drug-likeness (QED) is 0.171. The Kier molecular flexibility index (Phi) is 9.86. The maximum Gasteiger partial charge on any atom is 0.157 e. The van der Waals surface area contributed by atoms with E-state index in [2.05, 4.69) is 45.9 Å². The van der Waals surface area contributed by atoms with Crippen molar-refractivity contribution in [1.82, 2.24) is 0 Å². The van der Waals surface area contributed by atoms with Crippen molar-refractivity contribution >= 4 is 12.2 Å². The van der Waals surface area contributed by atoms with Crippen LogP contribution in [-0.2, 0) is 6.42 Å². The number of rotatable bonds is 10. The third-order valence-corrected chi connectivity index (χ3v) is 5.47. The van der Waals surface area contributed by atoms with Gasteiger partial charge in [0.15, 0.2) is 11.5 Å². The Morgan fingerprint density at radius 1 is 0.636 bits per heavy atom. The molecule has 0 saturated carbocycles. The van der Waals surface area contributed by atoms with E-state index in [4.69, 9.17) is 0 Å². The Morgan fingerprint density at radius 3 is 1.79 bits per heavy atom. The summed E-state index contributed by atoms with van der Waals surface area (Å²) in [6.45, 7) is 8.49. The van der Waals surface area contributed by atoms with E-state index in [1.807, 2.05) is 0 Å². The van der Waals surface area contributed by atoms with Crippen LogP contribution in [0.5, 0.6) is 23.0 Å². The normalized spacial score (nSPS) is 12.4. The molecule has 0 unspecified atom stereocenters. The maximum absolute atomic E-state index is 10.4. The number of hydrogen-bond donors (Lipinski definition) is 4. The second-order valence-electron chi connectivity index (χ2n) is 8.78. The van der Waals surface area contributed by atoms with Crippen LogP contribution in [0.15, 0.2) is 65.3 Å². The third-order valence-electron chi connectivity index (χ3n) is 5.47. The SMILES string of the molecule is CC(C)=CCC/C(C)=C/CC/C(C)=C/Cc1c(O)cc(/C=C/c2ccc(O)c(O)c2)cc1O. The van der Waals surface area contributed by atoms with Crippen molar-refractivity contribution in [2.75, 3.05) is 0 Å². The van der Waals surface area contributed by atoms with Gasteiger partial charge in [0.05, 0.1) is 0 Å². The van der Waals surface area contributed by atoms with Crippen LogP contribution >= 0.6 is 0 Å². The number of benzene rings is 2. The lowest BCUT2D eigenvalue weighted by Crippen LogP contribution is -1.88. The smallest absolute Gasteiger partial charge is 0.157 e. The highest BCUT2D eigenvalue weighted by atomic mass is 16.3. The molecule has 0 aromatic heterocycles. The molecule has 0 aliphatic heterocycles. The second-order valence-corrected chi connectivity index (χ2v) is 8.78. The molecular weight excluding hydrogens is 412 g/mol. The molecule has 2 rings (SSSR count). The molecule has 0 heterocycles. The van der Waals surface area contributed by atoms with Crippen molar-refractivity contribution in [1.29, 1.82) is 0 Å². The minimum Gasteiger partial charge on any atom is -0.507 e. The molecule has 0 spiro atoms. The monoisotopic (exact) mass is 448 g/mol. The fourth-order valence-electron chi connectivity index (χ4n) is 3.42. The summed E-state index contributed by atoms with van der Waals surface area (Å²) in [7, 11) is 0. The standard InChI is InChI=1S/C29H36O4/c1-20(2)7-5-8-21(3)9-6-10-22(4)11-15-25-27(31)18-24(19-28(25)32)13-12-23-14-16-26(30)29(33)17-23/h7,9,11-14,16-19,30-33H,5-6,8,10,15H2,1-4H3/b13-12+,21-9+,22-11+. The molecule has 33 heavy (non-hydrogen) atoms. The average molecular weight is 449 g/mol. The highest BCUT2D eigenvalue weighted by Crippen LogP contribution is 2.31. The van der Waals surface area contributed by atoms with Crippen LogP contribution in [0, 0.1) is 0 Å². The molecule has 0 atom stereocenters. The molecule has 0 fully saturated rings. The summed E-state index contributed by atoms with van der Waals surface area (Å²) in [5.74, 6) is -0.292. The van der Waals surface area contributed by atoms with Crippen LogP contribution in [0.4, 0.5) is 0 Å². The van der Waals surface area contributed by atoms with Gasteiger partial charge in [0.25, 0.3) is 0 Å². The first-order valence-electron chi connectivity index (χ1n) is 11.3. The van der Waals surface area contributed by atoms with E-state index < -0.39 is 0 Å². The van der Waals surface area contributed by atoms with Gasteiger partial charge in [-0.25, -0.2) is 0 Å². The van der Waals surface area contributed by atoms with Crippen molar-refractivity contribution in [2.24, 2.45) is 0 Å².